The smallest absolute Gasteiger partial charge is 0.224 e. The Labute approximate surface area is 140 Å². The molecule has 0 saturated heterocycles. The number of nitrogens with two attached hydrogens (primary N) is 1. The van der Waals surface area contributed by atoms with Gasteiger partial charge in [0.05, 0.1) is 26.8 Å². The van der Waals surface area contributed by atoms with Gasteiger partial charge in [-0.15, -0.1) is 16.4 Å². The first-order valence-corrected chi connectivity index (χ1v) is 8.97. The zero-order chi connectivity index (χ0) is 15.9. The Morgan fingerprint density at radius 3 is 2.55 bits per heavy atom. The van der Waals surface area contributed by atoms with Crippen LogP contribution in [0.4, 0.5) is 0 Å². The Morgan fingerprint density at radius 2 is 1.91 bits per heavy atom. The number of primary sulfonamides is 1. The van der Waals surface area contributed by atoms with E-state index >= 15 is 0 Å². The zero-order valence-electron chi connectivity index (χ0n) is 10.8. The molecule has 22 heavy (non-hydrogen) atoms. The summed E-state index contributed by atoms with van der Waals surface area (Å²) in [4.78, 5) is 0.648. The number of thiophene rings is 1. The Bertz CT molecular complexity index is 950. The van der Waals surface area contributed by atoms with E-state index in [1.165, 1.54) is 10.7 Å². The summed E-state index contributed by atoms with van der Waals surface area (Å²) in [5.74, 6) is 0. The molecule has 6 nitrogen and oxygen atoms in total. The fourth-order valence-electron chi connectivity index (χ4n) is 1.74. The molecule has 0 fully saturated rings. The van der Waals surface area contributed by atoms with Crippen molar-refractivity contribution in [1.82, 2.24) is 15.0 Å². The van der Waals surface area contributed by atoms with Crippen LogP contribution in [0.25, 0.3) is 16.3 Å². The maximum absolute atomic E-state index is 11.3. The molecule has 114 valence electrons. The summed E-state index contributed by atoms with van der Waals surface area (Å²) >= 11 is 12.9. The highest BCUT2D eigenvalue weighted by Crippen LogP contribution is 2.29. The molecule has 2 N–H and O–H groups in total. The summed E-state index contributed by atoms with van der Waals surface area (Å²) in [6.45, 7) is 0. The van der Waals surface area contributed by atoms with Gasteiger partial charge in [0.2, 0.25) is 10.0 Å². The van der Waals surface area contributed by atoms with E-state index in [9.17, 15) is 8.42 Å². The minimum atomic E-state index is -3.71. The highest BCUT2D eigenvalue weighted by Gasteiger charge is 2.14. The van der Waals surface area contributed by atoms with Crippen LogP contribution < -0.4 is 5.14 Å². The van der Waals surface area contributed by atoms with E-state index in [-0.39, 0.29) is 4.21 Å². The number of hydrogen-bond donors (Lipinski definition) is 1. The second-order valence-corrected chi connectivity index (χ2v) is 8.00. The molecule has 0 bridgehead atoms. The highest BCUT2D eigenvalue weighted by atomic mass is 35.5. The summed E-state index contributed by atoms with van der Waals surface area (Å²) in [5, 5.41) is 14.0. The Morgan fingerprint density at radius 1 is 1.14 bits per heavy atom. The second-order valence-electron chi connectivity index (χ2n) is 4.31. The van der Waals surface area contributed by atoms with Gasteiger partial charge in [0.15, 0.2) is 0 Å². The third-order valence-corrected chi connectivity index (χ3v) is 6.06. The number of rotatable bonds is 3. The predicted octanol–water partition coefficient (Wildman–Crippen LogP) is 2.95. The molecule has 3 aromatic rings. The van der Waals surface area contributed by atoms with Gasteiger partial charge in [-0.1, -0.05) is 28.4 Å². The van der Waals surface area contributed by atoms with Gasteiger partial charge in [0.25, 0.3) is 0 Å². The minimum absolute atomic E-state index is 0.0755. The van der Waals surface area contributed by atoms with E-state index in [1.807, 2.05) is 0 Å². The van der Waals surface area contributed by atoms with Gasteiger partial charge in [0, 0.05) is 0 Å². The van der Waals surface area contributed by atoms with Crippen LogP contribution in [-0.2, 0) is 10.0 Å². The second kappa shape index (κ2) is 5.64. The Kier molecular flexibility index (Phi) is 3.96. The first kappa shape index (κ1) is 15.4. The van der Waals surface area contributed by atoms with Crippen molar-refractivity contribution in [3.05, 3.63) is 46.6 Å². The predicted molar refractivity (Wildman–Crippen MR) is 86.1 cm³/mol. The molecule has 2 heterocycles. The van der Waals surface area contributed by atoms with Crippen LogP contribution in [0.3, 0.4) is 0 Å². The summed E-state index contributed by atoms with van der Waals surface area (Å²) in [6, 6.07) is 8.13. The molecular weight excluding hydrogens is 367 g/mol. The fraction of sp³-hybridized carbons (Fsp3) is 0. The molecule has 0 unspecified atom stereocenters. The van der Waals surface area contributed by atoms with Crippen LogP contribution in [-0.4, -0.2) is 23.4 Å². The topological polar surface area (TPSA) is 90.9 Å². The molecule has 0 amide bonds. The van der Waals surface area contributed by atoms with Gasteiger partial charge < -0.3 is 0 Å². The van der Waals surface area contributed by atoms with Gasteiger partial charge >= 0.3 is 0 Å². The van der Waals surface area contributed by atoms with Crippen LogP contribution >= 0.6 is 34.5 Å². The maximum Gasteiger partial charge on any atom is 0.247 e. The van der Waals surface area contributed by atoms with Crippen LogP contribution in [0.5, 0.6) is 0 Å². The molecule has 0 atom stereocenters. The maximum atomic E-state index is 11.3. The molecule has 0 aliphatic rings. The lowest BCUT2D eigenvalue weighted by atomic mass is 10.3. The molecule has 0 spiro atoms. The van der Waals surface area contributed by atoms with Gasteiger partial charge in [-0.05, 0) is 30.3 Å². The van der Waals surface area contributed by atoms with E-state index < -0.39 is 10.0 Å². The van der Waals surface area contributed by atoms with Crippen LogP contribution in [0.2, 0.25) is 10.0 Å². The van der Waals surface area contributed by atoms with Crippen molar-refractivity contribution in [2.45, 2.75) is 4.21 Å². The lowest BCUT2D eigenvalue weighted by molar-refractivity contribution is 0.600. The Balaban J connectivity index is 1.97. The summed E-state index contributed by atoms with van der Waals surface area (Å²) in [6.07, 6.45) is 1.66. The SMILES string of the molecule is NS(=O)(=O)c1ccc(-c2cn(-c3ccc(Cl)c(Cl)c3)nn2)s1. The number of aromatic nitrogens is 3. The van der Waals surface area contributed by atoms with Crippen molar-refractivity contribution in [3.63, 3.8) is 0 Å². The van der Waals surface area contributed by atoms with E-state index in [1.54, 1.807) is 30.5 Å². The quantitative estimate of drug-likeness (QED) is 0.762. The number of nitrogens with zero attached hydrogens (tertiary/aromatic N) is 3. The minimum Gasteiger partial charge on any atom is -0.224 e. The molecule has 0 aliphatic heterocycles. The zero-order valence-corrected chi connectivity index (χ0v) is 13.9. The molecular formula is C12H8Cl2N4O2S2. The number of benzene rings is 1. The van der Waals surface area contributed by atoms with Crippen molar-refractivity contribution in [2.75, 3.05) is 0 Å². The standard InChI is InChI=1S/C12H8Cl2N4O2S2/c13-8-2-1-7(5-9(8)14)18-6-10(16-17-18)11-3-4-12(21-11)22(15,19)20/h1-6H,(H2,15,19,20). The first-order chi connectivity index (χ1) is 10.3. The average molecular weight is 375 g/mol. The number of hydrogen-bond acceptors (Lipinski definition) is 5. The van der Waals surface area contributed by atoms with Crippen molar-refractivity contribution < 1.29 is 8.42 Å². The molecule has 0 radical (unpaired) electrons. The van der Waals surface area contributed by atoms with E-state index in [0.717, 1.165) is 11.3 Å². The summed E-state index contributed by atoms with van der Waals surface area (Å²) < 4.78 is 24.2. The van der Waals surface area contributed by atoms with Gasteiger partial charge in [0.1, 0.15) is 9.90 Å². The van der Waals surface area contributed by atoms with Gasteiger partial charge in [-0.25, -0.2) is 18.2 Å². The van der Waals surface area contributed by atoms with Crippen LogP contribution in [0.15, 0.2) is 40.7 Å². The average Bonchev–Trinajstić information content (AvgIpc) is 3.08. The monoisotopic (exact) mass is 374 g/mol. The van der Waals surface area contributed by atoms with Gasteiger partial charge in [-0.3, -0.25) is 0 Å². The Hall–Kier alpha value is -1.45. The third-order valence-electron chi connectivity index (χ3n) is 2.78. The van der Waals surface area contributed by atoms with Gasteiger partial charge in [-0.2, -0.15) is 0 Å². The summed E-state index contributed by atoms with van der Waals surface area (Å²) in [7, 11) is -3.71. The molecule has 1 aromatic carbocycles. The molecule has 3 rings (SSSR count). The highest BCUT2D eigenvalue weighted by molar-refractivity contribution is 7.91. The van der Waals surface area contributed by atoms with Crippen LogP contribution in [0, 0.1) is 0 Å². The number of sulfonamides is 1. The largest absolute Gasteiger partial charge is 0.247 e. The van der Waals surface area contributed by atoms with Crippen molar-refractivity contribution >= 4 is 44.6 Å². The summed E-state index contributed by atoms with van der Waals surface area (Å²) in [5.41, 5.74) is 1.22. The van der Waals surface area contributed by atoms with Crippen molar-refractivity contribution in [3.8, 4) is 16.3 Å². The normalized spacial score (nSPS) is 11.8. The fourth-order valence-corrected chi connectivity index (χ4v) is 3.71. The molecule has 0 aliphatic carbocycles. The van der Waals surface area contributed by atoms with E-state index in [0.29, 0.717) is 26.3 Å². The molecule has 2 aromatic heterocycles. The van der Waals surface area contributed by atoms with Crippen molar-refractivity contribution in [1.29, 1.82) is 0 Å². The number of halogens is 2. The molecule has 10 heteroatoms. The van der Waals surface area contributed by atoms with E-state index in [2.05, 4.69) is 10.3 Å². The van der Waals surface area contributed by atoms with Crippen LogP contribution in [0.1, 0.15) is 0 Å². The lowest BCUT2D eigenvalue weighted by Crippen LogP contribution is -2.09. The lowest BCUT2D eigenvalue weighted by Gasteiger charge is -2.01. The third kappa shape index (κ3) is 3.01. The van der Waals surface area contributed by atoms with E-state index in [4.69, 9.17) is 28.3 Å². The molecule has 0 saturated carbocycles. The van der Waals surface area contributed by atoms with Crippen molar-refractivity contribution in [2.24, 2.45) is 5.14 Å². The first-order valence-electron chi connectivity index (χ1n) is 5.85.